The molecular weight excluding hydrogens is 415 g/mol. The predicted octanol–water partition coefficient (Wildman–Crippen LogP) is 4.67. The molecule has 5 heteroatoms. The van der Waals surface area contributed by atoms with Gasteiger partial charge in [-0.25, -0.2) is 0 Å². The Kier molecular flexibility index (Phi) is 13.6. The van der Waals surface area contributed by atoms with Crippen LogP contribution in [-0.2, 0) is 37.4 Å². The zero-order chi connectivity index (χ0) is 18.5. The van der Waals surface area contributed by atoms with E-state index in [1.165, 1.54) is 43.4 Å². The van der Waals surface area contributed by atoms with E-state index in [-0.39, 0.29) is 32.7 Å². The molecule has 0 N–H and O–H groups in total. The van der Waals surface area contributed by atoms with Crippen LogP contribution in [0.5, 0.6) is 11.5 Å². The fourth-order valence-electron chi connectivity index (χ4n) is 3.58. The van der Waals surface area contributed by atoms with Crippen molar-refractivity contribution in [1.29, 1.82) is 0 Å². The van der Waals surface area contributed by atoms with E-state index in [0.717, 1.165) is 63.7 Å². The molecule has 0 spiro atoms. The Balaban J connectivity index is 0.00000364. The molecular formula is C22H38NO3Y+. The molecule has 0 aliphatic carbocycles. The first-order chi connectivity index (χ1) is 12.8. The smallest absolute Gasteiger partial charge is 0.119 e. The van der Waals surface area contributed by atoms with Gasteiger partial charge in [0.05, 0.1) is 46.1 Å². The van der Waals surface area contributed by atoms with Gasteiger partial charge < -0.3 is 18.7 Å². The van der Waals surface area contributed by atoms with E-state index in [2.05, 4.69) is 13.8 Å². The third-order valence-corrected chi connectivity index (χ3v) is 5.25. The average molecular weight is 453 g/mol. The van der Waals surface area contributed by atoms with Gasteiger partial charge in [-0.15, -0.1) is 0 Å². The van der Waals surface area contributed by atoms with Crippen LogP contribution in [0.25, 0.3) is 0 Å². The molecule has 1 fully saturated rings. The molecule has 1 heterocycles. The van der Waals surface area contributed by atoms with Gasteiger partial charge in [0.25, 0.3) is 0 Å². The molecule has 1 aromatic rings. The van der Waals surface area contributed by atoms with Gasteiger partial charge in [0.2, 0.25) is 0 Å². The Bertz CT molecular complexity index is 473. The number of quaternary nitrogens is 1. The van der Waals surface area contributed by atoms with Crippen LogP contribution in [0.4, 0.5) is 0 Å². The number of hydrogen-bond acceptors (Lipinski definition) is 3. The van der Waals surface area contributed by atoms with Crippen molar-refractivity contribution in [2.45, 2.75) is 52.4 Å². The monoisotopic (exact) mass is 453 g/mol. The Labute approximate surface area is 191 Å². The van der Waals surface area contributed by atoms with E-state index >= 15 is 0 Å². The number of nitrogens with zero attached hydrogens (tertiary/aromatic N) is 1. The normalized spacial score (nSPS) is 19.8. The Hall–Kier alpha value is -0.156. The van der Waals surface area contributed by atoms with E-state index in [4.69, 9.17) is 14.2 Å². The molecule has 1 atom stereocenters. The van der Waals surface area contributed by atoms with Gasteiger partial charge in [-0.2, -0.15) is 0 Å². The largest absolute Gasteiger partial charge is 0.494 e. The molecule has 1 radical (unpaired) electrons. The molecule has 27 heavy (non-hydrogen) atoms. The summed E-state index contributed by atoms with van der Waals surface area (Å²) in [5, 5.41) is 0. The zero-order valence-electron chi connectivity index (χ0n) is 17.5. The maximum atomic E-state index is 5.96. The molecule has 0 saturated carbocycles. The van der Waals surface area contributed by atoms with Gasteiger partial charge in [0.15, 0.2) is 0 Å². The quantitative estimate of drug-likeness (QED) is 0.340. The first kappa shape index (κ1) is 24.9. The summed E-state index contributed by atoms with van der Waals surface area (Å²) in [6, 6.07) is 8.05. The summed E-state index contributed by atoms with van der Waals surface area (Å²) >= 11 is 0. The van der Waals surface area contributed by atoms with Gasteiger partial charge in [0.1, 0.15) is 18.0 Å². The van der Waals surface area contributed by atoms with Crippen LogP contribution in [0.15, 0.2) is 24.3 Å². The average Bonchev–Trinajstić information content (AvgIpc) is 2.91. The molecule has 1 aliphatic rings. The summed E-state index contributed by atoms with van der Waals surface area (Å²) in [5.41, 5.74) is 0. The molecule has 1 unspecified atom stereocenters. The van der Waals surface area contributed by atoms with Crippen LogP contribution in [0.3, 0.4) is 0 Å². The maximum absolute atomic E-state index is 5.96. The summed E-state index contributed by atoms with van der Waals surface area (Å²) in [4.78, 5) is 0. The number of hydrogen-bond donors (Lipinski definition) is 0. The van der Waals surface area contributed by atoms with Crippen LogP contribution in [0.1, 0.15) is 52.4 Å². The minimum absolute atomic E-state index is 0. The molecule has 2 rings (SSSR count). The summed E-state index contributed by atoms with van der Waals surface area (Å²) < 4.78 is 18.6. The van der Waals surface area contributed by atoms with Gasteiger partial charge in [-0.1, -0.05) is 26.7 Å². The fraction of sp³-hybridized carbons (Fsp3) is 0.727. The van der Waals surface area contributed by atoms with Crippen molar-refractivity contribution in [3.8, 4) is 11.5 Å². The van der Waals surface area contributed by atoms with Gasteiger partial charge in [0, 0.05) is 45.6 Å². The zero-order valence-corrected chi connectivity index (χ0v) is 20.3. The molecule has 1 aromatic carbocycles. The second-order valence-electron chi connectivity index (χ2n) is 7.43. The molecule has 1 aliphatic heterocycles. The first-order valence-corrected chi connectivity index (χ1v) is 10.6. The molecule has 0 amide bonds. The molecule has 4 nitrogen and oxygen atoms in total. The fourth-order valence-corrected chi connectivity index (χ4v) is 3.58. The summed E-state index contributed by atoms with van der Waals surface area (Å²) in [6.07, 6.45) is 7.11. The summed E-state index contributed by atoms with van der Waals surface area (Å²) in [7, 11) is 0. The molecule has 0 bridgehead atoms. The molecule has 151 valence electrons. The van der Waals surface area contributed by atoms with Crippen LogP contribution in [-0.4, -0.2) is 57.1 Å². The predicted molar refractivity (Wildman–Crippen MR) is 107 cm³/mol. The van der Waals surface area contributed by atoms with E-state index in [1.54, 1.807) is 0 Å². The van der Waals surface area contributed by atoms with Crippen molar-refractivity contribution in [3.05, 3.63) is 24.3 Å². The Morgan fingerprint density at radius 2 is 1.41 bits per heavy atom. The van der Waals surface area contributed by atoms with Gasteiger partial charge >= 0.3 is 0 Å². The topological polar surface area (TPSA) is 27.7 Å². The maximum Gasteiger partial charge on any atom is 0.119 e. The molecule has 0 aromatic heterocycles. The first-order valence-electron chi connectivity index (χ1n) is 10.6. The van der Waals surface area contributed by atoms with E-state index in [1.807, 2.05) is 24.3 Å². The van der Waals surface area contributed by atoms with Crippen LogP contribution >= 0.6 is 0 Å². The number of ether oxygens (including phenoxy) is 3. The number of benzene rings is 1. The third kappa shape index (κ3) is 9.74. The number of unbranched alkanes of at least 4 members (excludes halogenated alkanes) is 2. The van der Waals surface area contributed by atoms with Gasteiger partial charge in [-0.3, -0.25) is 0 Å². The summed E-state index contributed by atoms with van der Waals surface area (Å²) in [6.45, 7) is 12.7. The van der Waals surface area contributed by atoms with Crippen molar-refractivity contribution in [2.24, 2.45) is 0 Å². The van der Waals surface area contributed by atoms with Crippen molar-refractivity contribution in [1.82, 2.24) is 0 Å². The second kappa shape index (κ2) is 14.8. The number of rotatable bonds is 12. The van der Waals surface area contributed by atoms with E-state index < -0.39 is 0 Å². The third-order valence-electron chi connectivity index (χ3n) is 5.25. The second-order valence-corrected chi connectivity index (χ2v) is 7.43. The van der Waals surface area contributed by atoms with E-state index in [9.17, 15) is 0 Å². The van der Waals surface area contributed by atoms with Crippen molar-refractivity contribution in [2.75, 3.05) is 52.6 Å². The van der Waals surface area contributed by atoms with E-state index in [0.29, 0.717) is 0 Å². The van der Waals surface area contributed by atoms with Crippen molar-refractivity contribution >= 4 is 0 Å². The SMILES string of the molecule is CCCCOc1ccc(OCCC[N+]2(CCCC)CCCOCC2)cc1.[Y]. The minimum Gasteiger partial charge on any atom is -0.494 e. The van der Waals surface area contributed by atoms with Crippen molar-refractivity contribution in [3.63, 3.8) is 0 Å². The van der Waals surface area contributed by atoms with Crippen LogP contribution < -0.4 is 9.47 Å². The van der Waals surface area contributed by atoms with Crippen molar-refractivity contribution < 1.29 is 51.4 Å². The van der Waals surface area contributed by atoms with Crippen LogP contribution in [0.2, 0.25) is 0 Å². The summed E-state index contributed by atoms with van der Waals surface area (Å²) in [5.74, 6) is 1.87. The minimum atomic E-state index is 0. The Morgan fingerprint density at radius 3 is 2.04 bits per heavy atom. The van der Waals surface area contributed by atoms with Crippen LogP contribution in [0, 0.1) is 0 Å². The standard InChI is InChI=1S/C22H38NO3.Y/c1-3-5-13-23(14-7-17-24-20-16-23)15-8-19-26-22-11-9-21(10-12-22)25-18-6-4-2;/h9-12H,3-8,13-20H2,1-2H3;/q+1;. The van der Waals surface area contributed by atoms with Gasteiger partial charge in [-0.05, 0) is 37.1 Å². The molecule has 1 saturated heterocycles. The Morgan fingerprint density at radius 1 is 0.815 bits per heavy atom.